The number of nitrogens with zero attached hydrogens (tertiary/aromatic N) is 1. The predicted molar refractivity (Wildman–Crippen MR) is 73.9 cm³/mol. The van der Waals surface area contributed by atoms with Crippen LogP contribution >= 0.6 is 0 Å². The molecule has 0 aliphatic rings. The van der Waals surface area contributed by atoms with Gasteiger partial charge in [-0.15, -0.1) is 0 Å². The Balaban J connectivity index is 2.05. The van der Waals surface area contributed by atoms with Gasteiger partial charge in [0, 0.05) is 6.54 Å². The molecule has 0 amide bonds. The summed E-state index contributed by atoms with van der Waals surface area (Å²) in [4.78, 5) is 11.9. The lowest BCUT2D eigenvalue weighted by atomic mass is 10.1. The monoisotopic (exact) mass is 254 g/mol. The highest BCUT2D eigenvalue weighted by molar-refractivity contribution is 5.72. The van der Waals surface area contributed by atoms with Crippen LogP contribution in [0.2, 0.25) is 0 Å². The molecule has 0 fully saturated rings. The Labute approximate surface area is 110 Å². The summed E-state index contributed by atoms with van der Waals surface area (Å²) >= 11 is 0. The zero-order valence-corrected chi connectivity index (χ0v) is 10.4. The van der Waals surface area contributed by atoms with Gasteiger partial charge in [0.05, 0.1) is 12.1 Å². The predicted octanol–water partition coefficient (Wildman–Crippen LogP) is 2.10. The van der Waals surface area contributed by atoms with Crippen LogP contribution < -0.4 is 11.5 Å². The SMILES string of the molecule is NCc1cccc(Cn2c(=O)oc3ccccc32)c1. The third-order valence-corrected chi connectivity index (χ3v) is 3.14. The van der Waals surface area contributed by atoms with Gasteiger partial charge in [-0.25, -0.2) is 4.79 Å². The Morgan fingerprint density at radius 1 is 1.05 bits per heavy atom. The zero-order chi connectivity index (χ0) is 13.2. The van der Waals surface area contributed by atoms with E-state index >= 15 is 0 Å². The van der Waals surface area contributed by atoms with Crippen LogP contribution in [0.4, 0.5) is 0 Å². The molecule has 4 heteroatoms. The van der Waals surface area contributed by atoms with E-state index in [1.165, 1.54) is 0 Å². The van der Waals surface area contributed by atoms with Crippen LogP contribution in [0.5, 0.6) is 0 Å². The first-order valence-electron chi connectivity index (χ1n) is 6.14. The molecule has 2 N–H and O–H groups in total. The quantitative estimate of drug-likeness (QED) is 0.778. The molecule has 0 radical (unpaired) electrons. The van der Waals surface area contributed by atoms with Crippen molar-refractivity contribution < 1.29 is 4.42 Å². The molecule has 0 saturated carbocycles. The summed E-state index contributed by atoms with van der Waals surface area (Å²) < 4.78 is 6.84. The third kappa shape index (κ3) is 2.18. The van der Waals surface area contributed by atoms with Crippen LogP contribution in [-0.4, -0.2) is 4.57 Å². The van der Waals surface area contributed by atoms with Crippen molar-refractivity contribution in [3.05, 3.63) is 70.2 Å². The molecule has 0 unspecified atom stereocenters. The van der Waals surface area contributed by atoms with Crippen LogP contribution in [0.1, 0.15) is 11.1 Å². The van der Waals surface area contributed by atoms with Crippen molar-refractivity contribution in [2.75, 3.05) is 0 Å². The highest BCUT2D eigenvalue weighted by atomic mass is 16.4. The van der Waals surface area contributed by atoms with Gasteiger partial charge < -0.3 is 10.2 Å². The van der Waals surface area contributed by atoms with Crippen molar-refractivity contribution in [2.45, 2.75) is 13.1 Å². The van der Waals surface area contributed by atoms with Crippen LogP contribution in [0.3, 0.4) is 0 Å². The Bertz CT molecular complexity index is 771. The fourth-order valence-corrected chi connectivity index (χ4v) is 2.20. The van der Waals surface area contributed by atoms with Gasteiger partial charge in [0.25, 0.3) is 0 Å². The Morgan fingerprint density at radius 3 is 2.68 bits per heavy atom. The molecule has 3 rings (SSSR count). The highest BCUT2D eigenvalue weighted by Crippen LogP contribution is 2.14. The van der Waals surface area contributed by atoms with Crippen molar-refractivity contribution in [2.24, 2.45) is 5.73 Å². The van der Waals surface area contributed by atoms with E-state index in [9.17, 15) is 4.79 Å². The number of fused-ring (bicyclic) bond motifs is 1. The summed E-state index contributed by atoms with van der Waals surface area (Å²) in [7, 11) is 0. The molecular weight excluding hydrogens is 240 g/mol. The van der Waals surface area contributed by atoms with Crippen LogP contribution in [-0.2, 0) is 13.1 Å². The molecule has 1 aromatic heterocycles. The van der Waals surface area contributed by atoms with Crippen molar-refractivity contribution in [3.8, 4) is 0 Å². The number of hydrogen-bond acceptors (Lipinski definition) is 3. The van der Waals surface area contributed by atoms with Crippen molar-refractivity contribution >= 4 is 11.1 Å². The summed E-state index contributed by atoms with van der Waals surface area (Å²) in [5, 5.41) is 0. The lowest BCUT2D eigenvalue weighted by molar-refractivity contribution is 0.517. The lowest BCUT2D eigenvalue weighted by Crippen LogP contribution is -2.15. The number of para-hydroxylation sites is 2. The molecule has 3 aromatic rings. The molecular formula is C15H14N2O2. The summed E-state index contributed by atoms with van der Waals surface area (Å²) in [6.07, 6.45) is 0. The maximum atomic E-state index is 11.9. The maximum Gasteiger partial charge on any atom is 0.420 e. The van der Waals surface area contributed by atoms with Crippen LogP contribution in [0, 0.1) is 0 Å². The average molecular weight is 254 g/mol. The maximum absolute atomic E-state index is 11.9. The summed E-state index contributed by atoms with van der Waals surface area (Å²) in [5.74, 6) is -0.334. The molecule has 0 bridgehead atoms. The molecule has 96 valence electrons. The van der Waals surface area contributed by atoms with Crippen LogP contribution in [0.15, 0.2) is 57.7 Å². The van der Waals surface area contributed by atoms with E-state index in [1.54, 1.807) is 10.6 Å². The second kappa shape index (κ2) is 4.74. The first-order chi connectivity index (χ1) is 9.28. The van der Waals surface area contributed by atoms with E-state index in [2.05, 4.69) is 0 Å². The second-order valence-electron chi connectivity index (χ2n) is 4.45. The number of rotatable bonds is 3. The molecule has 0 aliphatic heterocycles. The molecule has 4 nitrogen and oxygen atoms in total. The van der Waals surface area contributed by atoms with Gasteiger partial charge in [-0.3, -0.25) is 4.57 Å². The van der Waals surface area contributed by atoms with E-state index in [1.807, 2.05) is 42.5 Å². The minimum absolute atomic E-state index is 0.334. The molecule has 2 aromatic carbocycles. The van der Waals surface area contributed by atoms with E-state index in [4.69, 9.17) is 10.2 Å². The van der Waals surface area contributed by atoms with E-state index in [0.29, 0.717) is 18.7 Å². The fraction of sp³-hybridized carbons (Fsp3) is 0.133. The molecule has 1 heterocycles. The minimum Gasteiger partial charge on any atom is -0.408 e. The first-order valence-corrected chi connectivity index (χ1v) is 6.14. The van der Waals surface area contributed by atoms with Gasteiger partial charge in [0.2, 0.25) is 0 Å². The second-order valence-corrected chi connectivity index (χ2v) is 4.45. The van der Waals surface area contributed by atoms with Crippen molar-refractivity contribution in [1.29, 1.82) is 0 Å². The Kier molecular flexibility index (Phi) is 2.93. The number of oxazole rings is 1. The molecule has 0 atom stereocenters. The molecule has 19 heavy (non-hydrogen) atoms. The van der Waals surface area contributed by atoms with Gasteiger partial charge in [0.15, 0.2) is 5.58 Å². The van der Waals surface area contributed by atoms with Crippen molar-refractivity contribution in [1.82, 2.24) is 4.57 Å². The molecule has 0 aliphatic carbocycles. The number of benzene rings is 2. The van der Waals surface area contributed by atoms with Crippen molar-refractivity contribution in [3.63, 3.8) is 0 Å². The minimum atomic E-state index is -0.334. The summed E-state index contributed by atoms with van der Waals surface area (Å²) in [5.41, 5.74) is 9.14. The number of hydrogen-bond donors (Lipinski definition) is 1. The number of aromatic nitrogens is 1. The first kappa shape index (κ1) is 11.7. The molecule has 0 spiro atoms. The fourth-order valence-electron chi connectivity index (χ4n) is 2.20. The van der Waals surface area contributed by atoms with Gasteiger partial charge in [-0.2, -0.15) is 0 Å². The van der Waals surface area contributed by atoms with Gasteiger partial charge >= 0.3 is 5.76 Å². The van der Waals surface area contributed by atoms with E-state index in [-0.39, 0.29) is 5.76 Å². The summed E-state index contributed by atoms with van der Waals surface area (Å²) in [6.45, 7) is 0.985. The van der Waals surface area contributed by atoms with Gasteiger partial charge in [0.1, 0.15) is 0 Å². The molecule has 0 saturated heterocycles. The van der Waals surface area contributed by atoms with E-state index in [0.717, 1.165) is 16.6 Å². The summed E-state index contributed by atoms with van der Waals surface area (Å²) in [6, 6.07) is 15.3. The highest BCUT2D eigenvalue weighted by Gasteiger charge is 2.08. The normalized spacial score (nSPS) is 11.0. The van der Waals surface area contributed by atoms with Gasteiger partial charge in [-0.1, -0.05) is 36.4 Å². The topological polar surface area (TPSA) is 61.2 Å². The lowest BCUT2D eigenvalue weighted by Gasteiger charge is -2.04. The number of nitrogens with two attached hydrogens (primary N) is 1. The third-order valence-electron chi connectivity index (χ3n) is 3.14. The Hall–Kier alpha value is -2.33. The largest absolute Gasteiger partial charge is 0.420 e. The standard InChI is InChI=1S/C15H14N2O2/c16-9-11-4-3-5-12(8-11)10-17-13-6-1-2-7-14(13)19-15(17)18/h1-8H,9-10,16H2. The van der Waals surface area contributed by atoms with E-state index < -0.39 is 0 Å². The van der Waals surface area contributed by atoms with Gasteiger partial charge in [-0.05, 0) is 23.3 Å². The average Bonchev–Trinajstić information content (AvgIpc) is 2.76. The Morgan fingerprint density at radius 2 is 1.84 bits per heavy atom. The van der Waals surface area contributed by atoms with Crippen LogP contribution in [0.25, 0.3) is 11.1 Å². The smallest absolute Gasteiger partial charge is 0.408 e. The zero-order valence-electron chi connectivity index (χ0n) is 10.4.